The summed E-state index contributed by atoms with van der Waals surface area (Å²) in [6, 6.07) is 19.0. The summed E-state index contributed by atoms with van der Waals surface area (Å²) in [5.74, 6) is -0.390. The van der Waals surface area contributed by atoms with E-state index in [9.17, 15) is 19.8 Å². The largest absolute Gasteiger partial charge is 0.481 e. The number of likely N-dealkylation sites (tertiary alicyclic amines) is 2. The Balaban J connectivity index is 1.16. The molecule has 0 saturated carbocycles. The van der Waals surface area contributed by atoms with Crippen LogP contribution in [0.5, 0.6) is 5.88 Å². The zero-order valence-electron chi connectivity index (χ0n) is 26.9. The van der Waals surface area contributed by atoms with Crippen molar-refractivity contribution < 1.29 is 19.7 Å². The van der Waals surface area contributed by atoms with Gasteiger partial charge >= 0.3 is 5.97 Å². The minimum Gasteiger partial charge on any atom is -0.481 e. The highest BCUT2D eigenvalue weighted by atomic mass is 35.5. The lowest BCUT2D eigenvalue weighted by Crippen LogP contribution is -2.48. The summed E-state index contributed by atoms with van der Waals surface area (Å²) in [5.41, 5.74) is 6.29. The molecule has 3 aromatic heterocycles. The van der Waals surface area contributed by atoms with Crippen molar-refractivity contribution in [3.05, 3.63) is 105 Å². The number of carbonyl (C=O) groups is 1. The standard InChI is InChI=1S/C37H35Cl2N5O5/c1-49-35-24(18-42-12-10-25(19-42)37(47)48)8-9-31(41-35)30-7-3-6-29(34(30)39)28-5-2-4-27(33(28)38)23-11-13-44-32(14-23)40-15-26(36(44)46)20-43-16-22(17-43)21-45/h2-9,11,13-15,22,25,45H,10,12,16-21H2,1H3,(H,47,48). The quantitative estimate of drug-likeness (QED) is 0.188. The third-order valence-electron chi connectivity index (χ3n) is 9.49. The minimum atomic E-state index is -0.764. The smallest absolute Gasteiger partial charge is 0.307 e. The summed E-state index contributed by atoms with van der Waals surface area (Å²) in [5, 5.41) is 19.7. The number of nitrogens with zero attached hydrogens (tertiary/aromatic N) is 5. The molecule has 7 rings (SSSR count). The molecule has 0 aliphatic carbocycles. The van der Waals surface area contributed by atoms with Gasteiger partial charge in [-0.3, -0.25) is 23.8 Å². The molecule has 5 aromatic rings. The number of carboxylic acid groups (broad SMARTS) is 1. The maximum atomic E-state index is 13.2. The van der Waals surface area contributed by atoms with E-state index in [1.807, 2.05) is 60.7 Å². The van der Waals surface area contributed by atoms with Crippen LogP contribution in [0.25, 0.3) is 39.2 Å². The van der Waals surface area contributed by atoms with Gasteiger partial charge in [-0.1, -0.05) is 65.7 Å². The lowest BCUT2D eigenvalue weighted by atomic mass is 9.97. The van der Waals surface area contributed by atoms with Crippen LogP contribution in [0, 0.1) is 11.8 Å². The van der Waals surface area contributed by atoms with Crippen LogP contribution in [0.4, 0.5) is 0 Å². The maximum absolute atomic E-state index is 13.2. The Labute approximate surface area is 293 Å². The first kappa shape index (κ1) is 33.2. The second kappa shape index (κ2) is 13.9. The predicted octanol–water partition coefficient (Wildman–Crippen LogP) is 5.74. The highest BCUT2D eigenvalue weighted by Crippen LogP contribution is 2.42. The molecular formula is C37H35Cl2N5O5. The van der Waals surface area contributed by atoms with E-state index < -0.39 is 5.97 Å². The zero-order chi connectivity index (χ0) is 34.2. The van der Waals surface area contributed by atoms with Gasteiger partial charge in [0.15, 0.2) is 0 Å². The molecule has 49 heavy (non-hydrogen) atoms. The van der Waals surface area contributed by atoms with Gasteiger partial charge in [0.1, 0.15) is 5.65 Å². The van der Waals surface area contributed by atoms with Crippen molar-refractivity contribution in [3.63, 3.8) is 0 Å². The van der Waals surface area contributed by atoms with Crippen molar-refractivity contribution in [1.29, 1.82) is 0 Å². The fourth-order valence-electron chi connectivity index (χ4n) is 6.79. The van der Waals surface area contributed by atoms with Crippen LogP contribution >= 0.6 is 23.2 Å². The molecule has 1 atom stereocenters. The van der Waals surface area contributed by atoms with Crippen molar-refractivity contribution >= 4 is 34.8 Å². The number of ether oxygens (including phenoxy) is 1. The average Bonchev–Trinajstić information content (AvgIpc) is 3.57. The van der Waals surface area contributed by atoms with Crippen LogP contribution in [0.3, 0.4) is 0 Å². The molecule has 2 aromatic carbocycles. The van der Waals surface area contributed by atoms with Crippen molar-refractivity contribution in [2.24, 2.45) is 11.8 Å². The van der Waals surface area contributed by atoms with Crippen molar-refractivity contribution in [2.75, 3.05) is 39.9 Å². The van der Waals surface area contributed by atoms with Gasteiger partial charge in [-0.25, -0.2) is 9.97 Å². The number of carboxylic acids is 1. The molecule has 5 heterocycles. The van der Waals surface area contributed by atoms with Gasteiger partial charge in [-0.2, -0.15) is 0 Å². The Morgan fingerprint density at radius 2 is 1.61 bits per heavy atom. The summed E-state index contributed by atoms with van der Waals surface area (Å²) in [6.07, 6.45) is 3.98. The van der Waals surface area contributed by atoms with Crippen LogP contribution in [0.15, 0.2) is 77.9 Å². The van der Waals surface area contributed by atoms with Gasteiger partial charge < -0.3 is 14.9 Å². The van der Waals surface area contributed by atoms with E-state index in [1.54, 1.807) is 23.9 Å². The Morgan fingerprint density at radius 3 is 2.31 bits per heavy atom. The second-order valence-corrected chi connectivity index (χ2v) is 13.5. The van der Waals surface area contributed by atoms with Crippen LogP contribution in [-0.4, -0.2) is 80.2 Å². The van der Waals surface area contributed by atoms with Crippen LogP contribution in [-0.2, 0) is 17.9 Å². The summed E-state index contributed by atoms with van der Waals surface area (Å²) in [4.78, 5) is 38.2. The molecule has 10 nitrogen and oxygen atoms in total. The Morgan fingerprint density at radius 1 is 0.918 bits per heavy atom. The number of hydrogen-bond donors (Lipinski definition) is 2. The predicted molar refractivity (Wildman–Crippen MR) is 189 cm³/mol. The van der Waals surface area contributed by atoms with Crippen molar-refractivity contribution in [1.82, 2.24) is 24.2 Å². The fourth-order valence-corrected chi connectivity index (χ4v) is 7.45. The lowest BCUT2D eigenvalue weighted by Gasteiger charge is -2.37. The fraction of sp³-hybridized carbons (Fsp3) is 0.297. The highest BCUT2D eigenvalue weighted by molar-refractivity contribution is 6.39. The van der Waals surface area contributed by atoms with Crippen LogP contribution in [0.2, 0.25) is 10.0 Å². The summed E-state index contributed by atoms with van der Waals surface area (Å²) in [6.45, 7) is 3.95. The van der Waals surface area contributed by atoms with E-state index >= 15 is 0 Å². The molecule has 1 unspecified atom stereocenters. The minimum absolute atomic E-state index is 0.117. The molecular weight excluding hydrogens is 665 g/mol. The van der Waals surface area contributed by atoms with E-state index in [2.05, 4.69) is 14.8 Å². The van der Waals surface area contributed by atoms with Crippen LogP contribution < -0.4 is 10.3 Å². The lowest BCUT2D eigenvalue weighted by molar-refractivity contribution is -0.141. The number of aliphatic hydroxyl groups excluding tert-OH is 1. The van der Waals surface area contributed by atoms with E-state index in [-0.39, 0.29) is 24.0 Å². The number of fused-ring (bicyclic) bond motifs is 1. The molecule has 12 heteroatoms. The molecule has 2 aliphatic rings. The van der Waals surface area contributed by atoms with Gasteiger partial charge in [0, 0.05) is 85.5 Å². The number of hydrogen-bond acceptors (Lipinski definition) is 8. The van der Waals surface area contributed by atoms with Crippen molar-refractivity contribution in [3.8, 4) is 39.4 Å². The number of aliphatic carboxylic acids is 1. The number of aliphatic hydroxyl groups is 1. The molecule has 2 aliphatic heterocycles. The number of methoxy groups -OCH3 is 1. The summed E-state index contributed by atoms with van der Waals surface area (Å²) in [7, 11) is 1.57. The Kier molecular flexibility index (Phi) is 9.41. The normalized spacial score (nSPS) is 17.0. The van der Waals surface area contributed by atoms with E-state index in [0.29, 0.717) is 71.0 Å². The molecule has 2 N–H and O–H groups in total. The third kappa shape index (κ3) is 6.54. The number of halogens is 2. The van der Waals surface area contributed by atoms with E-state index in [4.69, 9.17) is 32.9 Å². The molecule has 2 fully saturated rings. The second-order valence-electron chi connectivity index (χ2n) is 12.7. The SMILES string of the molecule is COc1nc(-c2cccc(-c3cccc(-c4ccn5c(=O)c(CN6CC(CO)C6)cnc5c4)c3Cl)c2Cl)ccc1CN1CCC(C(=O)O)C1. The van der Waals surface area contributed by atoms with Crippen LogP contribution in [0.1, 0.15) is 17.5 Å². The Bertz CT molecular complexity index is 2120. The number of aromatic nitrogens is 3. The monoisotopic (exact) mass is 699 g/mol. The van der Waals surface area contributed by atoms with Crippen molar-refractivity contribution in [2.45, 2.75) is 19.5 Å². The summed E-state index contributed by atoms with van der Waals surface area (Å²) >= 11 is 14.2. The van der Waals surface area contributed by atoms with Gasteiger partial charge in [-0.15, -0.1) is 0 Å². The number of pyridine rings is 2. The molecule has 2 saturated heterocycles. The third-order valence-corrected chi connectivity index (χ3v) is 10.3. The molecule has 252 valence electrons. The first-order chi connectivity index (χ1) is 23.7. The van der Waals surface area contributed by atoms with Gasteiger partial charge in [0.25, 0.3) is 5.56 Å². The average molecular weight is 701 g/mol. The van der Waals surface area contributed by atoms with Gasteiger partial charge in [0.05, 0.1) is 34.3 Å². The molecule has 0 amide bonds. The van der Waals surface area contributed by atoms with Gasteiger partial charge in [0.2, 0.25) is 5.88 Å². The molecule has 0 spiro atoms. The number of rotatable bonds is 10. The highest BCUT2D eigenvalue weighted by Gasteiger charge is 2.29. The first-order valence-corrected chi connectivity index (χ1v) is 16.9. The topological polar surface area (TPSA) is 121 Å². The molecule has 0 bridgehead atoms. The van der Waals surface area contributed by atoms with E-state index in [1.165, 1.54) is 0 Å². The maximum Gasteiger partial charge on any atom is 0.307 e. The Hall–Kier alpha value is -4.32. The van der Waals surface area contributed by atoms with E-state index in [0.717, 1.165) is 40.9 Å². The molecule has 0 radical (unpaired) electrons. The first-order valence-electron chi connectivity index (χ1n) is 16.1. The summed E-state index contributed by atoms with van der Waals surface area (Å²) < 4.78 is 7.20. The number of benzene rings is 2. The van der Waals surface area contributed by atoms with Gasteiger partial charge in [-0.05, 0) is 36.7 Å². The zero-order valence-corrected chi connectivity index (χ0v) is 28.4.